The largest absolute Gasteiger partial charge is 0.252 e. The zero-order valence-electron chi connectivity index (χ0n) is 37.2. The lowest BCUT2D eigenvalue weighted by Gasteiger charge is -2.26. The maximum atomic E-state index is 5.50. The Labute approximate surface area is 346 Å². The van der Waals surface area contributed by atoms with Gasteiger partial charge in [-0.2, -0.15) is 0 Å². The molecule has 0 aliphatic rings. The molecule has 8 rings (SSSR count). The van der Waals surface area contributed by atoms with E-state index in [-0.39, 0.29) is 21.7 Å². The first-order valence-corrected chi connectivity index (χ1v) is 21.0. The molecule has 0 atom stereocenters. The van der Waals surface area contributed by atoms with Crippen LogP contribution in [0.4, 0.5) is 0 Å². The molecule has 0 unspecified atom stereocenters. The number of hydrogen-bond acceptors (Lipinski definition) is 3. The van der Waals surface area contributed by atoms with Gasteiger partial charge in [0, 0.05) is 33.1 Å². The summed E-state index contributed by atoms with van der Waals surface area (Å²) in [6, 6.07) is 38.6. The van der Waals surface area contributed by atoms with Crippen LogP contribution < -0.4 is 0 Å². The lowest BCUT2D eigenvalue weighted by Crippen LogP contribution is -2.20. The first kappa shape index (κ1) is 39.4. The van der Waals surface area contributed by atoms with Gasteiger partial charge in [0.05, 0.1) is 17.1 Å². The number of pyridine rings is 1. The van der Waals surface area contributed by atoms with E-state index in [4.69, 9.17) is 15.0 Å². The van der Waals surface area contributed by atoms with E-state index < -0.39 is 0 Å². The van der Waals surface area contributed by atoms with Crippen molar-refractivity contribution in [2.45, 2.75) is 119 Å². The first-order valence-electron chi connectivity index (χ1n) is 21.0. The molecule has 58 heavy (non-hydrogen) atoms. The van der Waals surface area contributed by atoms with Crippen LogP contribution in [-0.2, 0) is 21.7 Å². The van der Waals surface area contributed by atoms with Gasteiger partial charge in [-0.15, -0.1) is 0 Å². The van der Waals surface area contributed by atoms with Crippen LogP contribution in [0.25, 0.3) is 77.2 Å². The molecule has 0 bridgehead atoms. The molecular weight excluding hydrogens is 703 g/mol. The van der Waals surface area contributed by atoms with E-state index in [2.05, 4.69) is 200 Å². The van der Waals surface area contributed by atoms with Gasteiger partial charge in [-0.3, -0.25) is 4.98 Å². The van der Waals surface area contributed by atoms with Gasteiger partial charge in [-0.25, -0.2) is 9.97 Å². The highest BCUT2D eigenvalue weighted by molar-refractivity contribution is 6.32. The zero-order chi connectivity index (χ0) is 41.7. The summed E-state index contributed by atoms with van der Waals surface area (Å²) in [6.45, 7) is 31.6. The van der Waals surface area contributed by atoms with Gasteiger partial charge < -0.3 is 0 Å². The van der Waals surface area contributed by atoms with E-state index in [1.54, 1.807) is 0 Å². The highest BCUT2D eigenvalue weighted by Gasteiger charge is 2.28. The second-order valence-corrected chi connectivity index (χ2v) is 20.7. The van der Waals surface area contributed by atoms with Crippen molar-refractivity contribution in [2.75, 3.05) is 0 Å². The van der Waals surface area contributed by atoms with Gasteiger partial charge in [0.25, 0.3) is 0 Å². The Morgan fingerprint density at radius 3 is 1.22 bits per heavy atom. The van der Waals surface area contributed by atoms with Crippen LogP contribution in [-0.4, -0.2) is 15.0 Å². The molecule has 3 nitrogen and oxygen atoms in total. The summed E-state index contributed by atoms with van der Waals surface area (Å²) >= 11 is 0. The fourth-order valence-electron chi connectivity index (χ4n) is 8.41. The molecule has 2 aromatic heterocycles. The van der Waals surface area contributed by atoms with Crippen LogP contribution in [0.2, 0.25) is 0 Å². The molecule has 8 aromatic rings. The van der Waals surface area contributed by atoms with Gasteiger partial charge in [0.2, 0.25) is 0 Å². The number of rotatable bonds is 4. The second kappa shape index (κ2) is 13.6. The standard InChI is InChI=1S/C55H59N3/c1-32-19-15-17-21-35(32)41-29-43-37(45-27-34(52(3,4)5)28-46(56-45)53(6,7)8)23-24-38-42(36-22-18-16-20-33(36)2)30-44-40(26-25-39(41)50(44)49(38)43)51-57-47(54(9,10)11)31-48(58-51)55(12,13)14/h15-31H,1-14H3. The Bertz CT molecular complexity index is 2620. The quantitative estimate of drug-likeness (QED) is 0.168. The molecule has 0 radical (unpaired) electrons. The van der Waals surface area contributed by atoms with Crippen molar-refractivity contribution >= 4 is 32.3 Å². The minimum atomic E-state index is -0.152. The number of hydrogen-bond donors (Lipinski definition) is 0. The van der Waals surface area contributed by atoms with Crippen molar-refractivity contribution in [3.05, 3.63) is 137 Å². The molecule has 3 heteroatoms. The molecule has 294 valence electrons. The predicted octanol–water partition coefficient (Wildman–Crippen LogP) is 15.2. The van der Waals surface area contributed by atoms with E-state index in [1.807, 2.05) is 0 Å². The van der Waals surface area contributed by atoms with E-state index >= 15 is 0 Å². The summed E-state index contributed by atoms with van der Waals surface area (Å²) in [5.41, 5.74) is 14.6. The maximum absolute atomic E-state index is 5.50. The van der Waals surface area contributed by atoms with Crippen molar-refractivity contribution in [1.82, 2.24) is 15.0 Å². The van der Waals surface area contributed by atoms with Crippen LogP contribution in [0.5, 0.6) is 0 Å². The third-order valence-corrected chi connectivity index (χ3v) is 12.0. The summed E-state index contributed by atoms with van der Waals surface area (Å²) in [5, 5.41) is 7.34. The molecule has 0 spiro atoms. The third-order valence-electron chi connectivity index (χ3n) is 12.0. The van der Waals surface area contributed by atoms with Gasteiger partial charge >= 0.3 is 0 Å². The predicted molar refractivity (Wildman–Crippen MR) is 250 cm³/mol. The van der Waals surface area contributed by atoms with E-state index in [9.17, 15) is 0 Å². The lowest BCUT2D eigenvalue weighted by molar-refractivity contribution is 0.539. The Morgan fingerprint density at radius 1 is 0.345 bits per heavy atom. The molecule has 0 aliphatic carbocycles. The van der Waals surface area contributed by atoms with Gasteiger partial charge in [-0.05, 0) is 127 Å². The number of aryl methyl sites for hydroxylation is 2. The summed E-state index contributed by atoms with van der Waals surface area (Å²) in [4.78, 5) is 16.3. The highest BCUT2D eigenvalue weighted by atomic mass is 14.9. The van der Waals surface area contributed by atoms with Crippen LogP contribution in [0, 0.1) is 13.8 Å². The maximum Gasteiger partial charge on any atom is 0.160 e. The lowest BCUT2D eigenvalue weighted by atomic mass is 9.80. The molecular formula is C55H59N3. The van der Waals surface area contributed by atoms with E-state index in [0.717, 1.165) is 39.7 Å². The van der Waals surface area contributed by atoms with Crippen molar-refractivity contribution < 1.29 is 0 Å². The summed E-state index contributed by atoms with van der Waals surface area (Å²) < 4.78 is 0. The summed E-state index contributed by atoms with van der Waals surface area (Å²) in [7, 11) is 0. The van der Waals surface area contributed by atoms with Crippen molar-refractivity contribution in [2.24, 2.45) is 0 Å². The first-order chi connectivity index (χ1) is 27.1. The van der Waals surface area contributed by atoms with Gasteiger partial charge in [-0.1, -0.05) is 150 Å². The average Bonchev–Trinajstić information content (AvgIpc) is 3.15. The molecule has 0 saturated carbocycles. The minimum absolute atomic E-state index is 0.0474. The molecule has 0 amide bonds. The second-order valence-electron chi connectivity index (χ2n) is 20.7. The van der Waals surface area contributed by atoms with Crippen molar-refractivity contribution in [1.29, 1.82) is 0 Å². The topological polar surface area (TPSA) is 38.7 Å². The molecule has 0 aliphatic heterocycles. The normalized spacial score (nSPS) is 13.0. The van der Waals surface area contributed by atoms with Crippen molar-refractivity contribution in [3.8, 4) is 44.9 Å². The Balaban J connectivity index is 1.61. The fourth-order valence-corrected chi connectivity index (χ4v) is 8.41. The Hall–Kier alpha value is -5.41. The molecule has 6 aromatic carbocycles. The highest BCUT2D eigenvalue weighted by Crippen LogP contribution is 2.50. The summed E-state index contributed by atoms with van der Waals surface area (Å²) in [6.07, 6.45) is 0. The molecule has 0 N–H and O–H groups in total. The van der Waals surface area contributed by atoms with Gasteiger partial charge in [0.1, 0.15) is 0 Å². The van der Waals surface area contributed by atoms with E-state index in [1.165, 1.54) is 71.3 Å². The zero-order valence-corrected chi connectivity index (χ0v) is 37.2. The summed E-state index contributed by atoms with van der Waals surface area (Å²) in [5.74, 6) is 0.776. The molecule has 0 fully saturated rings. The minimum Gasteiger partial charge on any atom is -0.252 e. The number of benzene rings is 6. The van der Waals surface area contributed by atoms with Crippen LogP contribution in [0.3, 0.4) is 0 Å². The average molecular weight is 762 g/mol. The Kier molecular flexibility index (Phi) is 9.23. The van der Waals surface area contributed by atoms with Crippen molar-refractivity contribution in [3.63, 3.8) is 0 Å². The van der Waals surface area contributed by atoms with Crippen LogP contribution in [0.1, 0.15) is 117 Å². The van der Waals surface area contributed by atoms with Crippen LogP contribution >= 0.6 is 0 Å². The van der Waals surface area contributed by atoms with Crippen LogP contribution in [0.15, 0.2) is 103 Å². The molecule has 2 heterocycles. The third kappa shape index (κ3) is 6.87. The Morgan fingerprint density at radius 2 is 0.776 bits per heavy atom. The smallest absolute Gasteiger partial charge is 0.160 e. The fraction of sp³-hybridized carbons (Fsp3) is 0.327. The monoisotopic (exact) mass is 761 g/mol. The number of aromatic nitrogens is 3. The molecule has 0 saturated heterocycles. The number of nitrogens with zero attached hydrogens (tertiary/aromatic N) is 3. The SMILES string of the molecule is Cc1ccccc1-c1cc2c(-c3nc(C(C)(C)C)cc(C(C)(C)C)n3)ccc3c(-c4ccccc4C)cc4c(-c5cc(C(C)(C)C)cc(C(C)(C)C)n5)ccc1c4c23. The van der Waals surface area contributed by atoms with Gasteiger partial charge in [0.15, 0.2) is 5.82 Å². The van der Waals surface area contributed by atoms with E-state index in [0.29, 0.717) is 0 Å².